The van der Waals surface area contributed by atoms with Crippen LogP contribution < -0.4 is 0 Å². The Hall–Kier alpha value is -1.35. The van der Waals surface area contributed by atoms with Crippen LogP contribution in [0.5, 0.6) is 0 Å². The maximum Gasteiger partial charge on any atom is 0.219 e. The summed E-state index contributed by atoms with van der Waals surface area (Å²) < 4.78 is 25.4. The van der Waals surface area contributed by atoms with Gasteiger partial charge in [0.1, 0.15) is 0 Å². The molecule has 0 saturated heterocycles. The molecule has 0 spiro atoms. The van der Waals surface area contributed by atoms with Crippen molar-refractivity contribution in [2.45, 2.75) is 19.3 Å². The Kier molecular flexibility index (Phi) is 5.35. The molecule has 0 heterocycles. The molecule has 0 amide bonds. The van der Waals surface area contributed by atoms with Crippen molar-refractivity contribution in [1.82, 2.24) is 4.31 Å². The lowest BCUT2D eigenvalue weighted by molar-refractivity contribution is 0.281. The van der Waals surface area contributed by atoms with Crippen molar-refractivity contribution >= 4 is 10.0 Å². The van der Waals surface area contributed by atoms with Crippen molar-refractivity contribution in [3.8, 4) is 12.3 Å². The number of rotatable bonds is 6. The van der Waals surface area contributed by atoms with E-state index < -0.39 is 10.0 Å². The number of aliphatic hydroxyl groups excluding tert-OH is 1. The third-order valence-electron chi connectivity index (χ3n) is 2.54. The average Bonchev–Trinajstić information content (AvgIpc) is 2.35. The van der Waals surface area contributed by atoms with Gasteiger partial charge in [-0.25, -0.2) is 8.42 Å². The lowest BCUT2D eigenvalue weighted by Crippen LogP contribution is -2.32. The molecule has 0 unspecified atom stereocenters. The van der Waals surface area contributed by atoms with Crippen molar-refractivity contribution < 1.29 is 13.5 Å². The van der Waals surface area contributed by atoms with E-state index >= 15 is 0 Å². The summed E-state index contributed by atoms with van der Waals surface area (Å²) >= 11 is 0. The normalized spacial score (nSPS) is 11.4. The smallest absolute Gasteiger partial charge is 0.219 e. The van der Waals surface area contributed by atoms with Gasteiger partial charge in [0.2, 0.25) is 10.0 Å². The van der Waals surface area contributed by atoms with Crippen LogP contribution in [0.1, 0.15) is 18.1 Å². The summed E-state index contributed by atoms with van der Waals surface area (Å²) in [6.45, 7) is 2.08. The second-order valence-corrected chi connectivity index (χ2v) is 5.83. The Morgan fingerprint density at radius 1 is 1.39 bits per heavy atom. The molecule has 4 nitrogen and oxygen atoms in total. The van der Waals surface area contributed by atoms with Gasteiger partial charge in [0.25, 0.3) is 0 Å². The van der Waals surface area contributed by atoms with Crippen LogP contribution in [-0.2, 0) is 22.4 Å². The Morgan fingerprint density at radius 3 is 2.61 bits per heavy atom. The Bertz CT molecular complexity index is 531. The maximum atomic E-state index is 12.1. The van der Waals surface area contributed by atoms with E-state index in [2.05, 4.69) is 5.92 Å². The highest BCUT2D eigenvalue weighted by Crippen LogP contribution is 2.12. The van der Waals surface area contributed by atoms with Gasteiger partial charge in [-0.3, -0.25) is 0 Å². The number of sulfonamides is 1. The van der Waals surface area contributed by atoms with Crippen molar-refractivity contribution in [3.63, 3.8) is 0 Å². The van der Waals surface area contributed by atoms with Crippen molar-refractivity contribution in [1.29, 1.82) is 0 Å². The standard InChI is InChI=1S/C13H17NO3S/c1-3-8-14(4-2)18(16,17)11-13-7-5-6-12(9-13)10-15/h1,5-7,9,15H,4,8,10-11H2,2H3. The van der Waals surface area contributed by atoms with Crippen molar-refractivity contribution in [2.24, 2.45) is 0 Å². The van der Waals surface area contributed by atoms with E-state index in [0.29, 0.717) is 17.7 Å². The van der Waals surface area contributed by atoms with Crippen LogP contribution in [0.3, 0.4) is 0 Å². The summed E-state index contributed by atoms with van der Waals surface area (Å²) in [7, 11) is -3.40. The molecule has 1 rings (SSSR count). The monoisotopic (exact) mass is 267 g/mol. The number of hydrogen-bond acceptors (Lipinski definition) is 3. The summed E-state index contributed by atoms with van der Waals surface area (Å²) in [5.41, 5.74) is 1.35. The molecule has 0 aromatic heterocycles. The highest BCUT2D eigenvalue weighted by Gasteiger charge is 2.20. The van der Waals surface area contributed by atoms with Crippen molar-refractivity contribution in [3.05, 3.63) is 35.4 Å². The fourth-order valence-corrected chi connectivity index (χ4v) is 3.08. The van der Waals surface area contributed by atoms with Gasteiger partial charge in [0.05, 0.1) is 18.9 Å². The Morgan fingerprint density at radius 2 is 2.06 bits per heavy atom. The number of aliphatic hydroxyl groups is 1. The number of benzene rings is 1. The van der Waals surface area contributed by atoms with Gasteiger partial charge in [0.15, 0.2) is 0 Å². The van der Waals surface area contributed by atoms with E-state index in [4.69, 9.17) is 11.5 Å². The van der Waals surface area contributed by atoms with Crippen LogP contribution in [0.4, 0.5) is 0 Å². The molecule has 0 fully saturated rings. The second-order valence-electron chi connectivity index (χ2n) is 3.86. The maximum absolute atomic E-state index is 12.1. The molecule has 0 radical (unpaired) electrons. The summed E-state index contributed by atoms with van der Waals surface area (Å²) in [4.78, 5) is 0. The fraction of sp³-hybridized carbons (Fsp3) is 0.385. The van der Waals surface area contributed by atoms with Gasteiger partial charge in [-0.05, 0) is 11.1 Å². The van der Waals surface area contributed by atoms with Gasteiger partial charge in [-0.1, -0.05) is 37.1 Å². The summed E-state index contributed by atoms with van der Waals surface area (Å²) in [6, 6.07) is 6.88. The minimum Gasteiger partial charge on any atom is -0.392 e. The molecule has 0 aliphatic heterocycles. The zero-order chi connectivity index (χ0) is 13.6. The lowest BCUT2D eigenvalue weighted by atomic mass is 10.1. The number of hydrogen-bond donors (Lipinski definition) is 1. The van der Waals surface area contributed by atoms with Gasteiger partial charge in [-0.2, -0.15) is 4.31 Å². The van der Waals surface area contributed by atoms with Gasteiger partial charge in [-0.15, -0.1) is 6.42 Å². The Labute approximate surface area is 108 Å². The minimum atomic E-state index is -3.40. The molecule has 0 saturated carbocycles. The first-order chi connectivity index (χ1) is 8.53. The van der Waals surface area contributed by atoms with Crippen LogP contribution >= 0.6 is 0 Å². The molecule has 0 atom stereocenters. The third kappa shape index (κ3) is 3.84. The molecule has 5 heteroatoms. The molecule has 0 aliphatic carbocycles. The van der Waals surface area contributed by atoms with E-state index in [-0.39, 0.29) is 18.9 Å². The van der Waals surface area contributed by atoms with Crippen molar-refractivity contribution in [2.75, 3.05) is 13.1 Å². The van der Waals surface area contributed by atoms with Crippen LogP contribution in [0, 0.1) is 12.3 Å². The van der Waals surface area contributed by atoms with E-state index in [0.717, 1.165) is 0 Å². The highest BCUT2D eigenvalue weighted by molar-refractivity contribution is 7.88. The summed E-state index contributed by atoms with van der Waals surface area (Å²) in [6.07, 6.45) is 5.15. The molecular formula is C13H17NO3S. The molecule has 1 aromatic carbocycles. The Balaban J connectivity index is 2.91. The van der Waals surface area contributed by atoms with E-state index in [1.807, 2.05) is 0 Å². The summed E-state index contributed by atoms with van der Waals surface area (Å²) in [5, 5.41) is 9.01. The van der Waals surface area contributed by atoms with Gasteiger partial charge in [0, 0.05) is 6.54 Å². The molecule has 0 bridgehead atoms. The third-order valence-corrected chi connectivity index (χ3v) is 4.41. The predicted molar refractivity (Wildman–Crippen MR) is 71.1 cm³/mol. The van der Waals surface area contributed by atoms with Crippen LogP contribution in [-0.4, -0.2) is 30.9 Å². The first-order valence-electron chi connectivity index (χ1n) is 5.63. The predicted octanol–water partition coefficient (Wildman–Crippen LogP) is 0.964. The zero-order valence-electron chi connectivity index (χ0n) is 10.3. The molecule has 18 heavy (non-hydrogen) atoms. The topological polar surface area (TPSA) is 57.6 Å². The first-order valence-corrected chi connectivity index (χ1v) is 7.24. The zero-order valence-corrected chi connectivity index (χ0v) is 11.2. The quantitative estimate of drug-likeness (QED) is 0.781. The number of terminal acetylenes is 1. The van der Waals surface area contributed by atoms with E-state index in [1.54, 1.807) is 31.2 Å². The first kappa shape index (κ1) is 14.7. The molecule has 1 aromatic rings. The van der Waals surface area contributed by atoms with Crippen LogP contribution in [0.15, 0.2) is 24.3 Å². The minimum absolute atomic E-state index is 0.0819. The SMILES string of the molecule is C#CCN(CC)S(=O)(=O)Cc1cccc(CO)c1. The largest absolute Gasteiger partial charge is 0.392 e. The second kappa shape index (κ2) is 6.55. The molecule has 0 aliphatic rings. The van der Waals surface area contributed by atoms with E-state index in [9.17, 15) is 8.42 Å². The van der Waals surface area contributed by atoms with E-state index in [1.165, 1.54) is 4.31 Å². The highest BCUT2D eigenvalue weighted by atomic mass is 32.2. The molecule has 1 N–H and O–H groups in total. The molecular weight excluding hydrogens is 250 g/mol. The van der Waals surface area contributed by atoms with Crippen LogP contribution in [0.25, 0.3) is 0 Å². The van der Waals surface area contributed by atoms with Gasteiger partial charge >= 0.3 is 0 Å². The summed E-state index contributed by atoms with van der Waals surface area (Å²) in [5.74, 6) is 2.24. The molecule has 98 valence electrons. The number of nitrogens with zero attached hydrogens (tertiary/aromatic N) is 1. The average molecular weight is 267 g/mol. The fourth-order valence-electron chi connectivity index (χ4n) is 1.63. The van der Waals surface area contributed by atoms with Crippen LogP contribution in [0.2, 0.25) is 0 Å². The van der Waals surface area contributed by atoms with Gasteiger partial charge < -0.3 is 5.11 Å². The lowest BCUT2D eigenvalue weighted by Gasteiger charge is -2.17.